The molecule has 1 aliphatic carbocycles. The van der Waals surface area contributed by atoms with E-state index in [0.29, 0.717) is 5.92 Å². The predicted molar refractivity (Wildman–Crippen MR) is 70.4 cm³/mol. The highest BCUT2D eigenvalue weighted by Crippen LogP contribution is 2.19. The zero-order valence-electron chi connectivity index (χ0n) is 10.6. The van der Waals surface area contributed by atoms with Crippen LogP contribution in [0.25, 0.3) is 0 Å². The Hall–Kier alpha value is -0.560. The van der Waals surface area contributed by atoms with Crippen molar-refractivity contribution in [3.05, 3.63) is 23.8 Å². The molecule has 1 rings (SSSR count). The predicted octanol–water partition coefficient (Wildman–Crippen LogP) is 4.23. The van der Waals surface area contributed by atoms with E-state index in [2.05, 4.69) is 25.2 Å². The molecule has 16 heavy (non-hydrogen) atoms. The van der Waals surface area contributed by atoms with Gasteiger partial charge in [-0.2, -0.15) is 0 Å². The summed E-state index contributed by atoms with van der Waals surface area (Å²) >= 11 is 0. The second-order valence-electron chi connectivity index (χ2n) is 4.91. The molecular formula is C15H26O. The fraction of sp³-hybridized carbons (Fsp3) is 0.733. The quantitative estimate of drug-likeness (QED) is 0.741. The van der Waals surface area contributed by atoms with Crippen LogP contribution in [-0.2, 0) is 0 Å². The van der Waals surface area contributed by atoms with Gasteiger partial charge in [-0.1, -0.05) is 56.4 Å². The van der Waals surface area contributed by atoms with Crippen molar-refractivity contribution in [2.75, 3.05) is 6.61 Å². The minimum Gasteiger partial charge on any atom is -0.396 e. The number of rotatable bonds is 2. The summed E-state index contributed by atoms with van der Waals surface area (Å²) in [6.07, 6.45) is 17.2. The van der Waals surface area contributed by atoms with Gasteiger partial charge in [0, 0.05) is 12.5 Å². The number of allylic oxidation sites excluding steroid dienone is 3. The first-order valence-electron chi connectivity index (χ1n) is 6.81. The van der Waals surface area contributed by atoms with Crippen LogP contribution < -0.4 is 0 Å². The maximum Gasteiger partial charge on any atom is 0.0493 e. The zero-order chi connectivity index (χ0) is 11.6. The standard InChI is InChI=1S/C15H26O/c1-14(13-16)15-11-9-7-5-3-2-4-6-8-10-12-15/h7,9,11,14,16H,2-6,8,10,12-13H2,1H3/b9-7+,15-11+. The van der Waals surface area contributed by atoms with Gasteiger partial charge >= 0.3 is 0 Å². The molecule has 0 saturated carbocycles. The van der Waals surface area contributed by atoms with Crippen molar-refractivity contribution in [1.82, 2.24) is 0 Å². The van der Waals surface area contributed by atoms with E-state index in [1.54, 1.807) is 0 Å². The molecule has 92 valence electrons. The van der Waals surface area contributed by atoms with Crippen molar-refractivity contribution in [2.24, 2.45) is 5.92 Å². The lowest BCUT2D eigenvalue weighted by atomic mass is 9.94. The lowest BCUT2D eigenvalue weighted by Crippen LogP contribution is -2.04. The summed E-state index contributed by atoms with van der Waals surface area (Å²) in [5.74, 6) is 0.326. The van der Waals surface area contributed by atoms with Crippen LogP contribution >= 0.6 is 0 Å². The molecule has 1 atom stereocenters. The van der Waals surface area contributed by atoms with Gasteiger partial charge in [-0.25, -0.2) is 0 Å². The van der Waals surface area contributed by atoms with Gasteiger partial charge in [0.1, 0.15) is 0 Å². The van der Waals surface area contributed by atoms with Gasteiger partial charge in [0.05, 0.1) is 0 Å². The molecule has 0 bridgehead atoms. The molecule has 0 radical (unpaired) electrons. The molecule has 0 aliphatic heterocycles. The summed E-state index contributed by atoms with van der Waals surface area (Å²) in [6, 6.07) is 0. The van der Waals surface area contributed by atoms with Crippen molar-refractivity contribution in [2.45, 2.75) is 58.3 Å². The molecule has 0 aromatic rings. The van der Waals surface area contributed by atoms with Crippen molar-refractivity contribution in [1.29, 1.82) is 0 Å². The molecule has 0 saturated heterocycles. The number of aliphatic hydroxyl groups is 1. The molecule has 0 amide bonds. The molecule has 0 heterocycles. The smallest absolute Gasteiger partial charge is 0.0493 e. The number of hydrogen-bond donors (Lipinski definition) is 1. The van der Waals surface area contributed by atoms with Crippen LogP contribution in [-0.4, -0.2) is 11.7 Å². The van der Waals surface area contributed by atoms with E-state index in [9.17, 15) is 5.11 Å². The Morgan fingerprint density at radius 1 is 1.12 bits per heavy atom. The molecule has 0 spiro atoms. The third-order valence-electron chi connectivity index (χ3n) is 3.44. The Morgan fingerprint density at radius 3 is 2.56 bits per heavy atom. The molecule has 1 N–H and O–H groups in total. The van der Waals surface area contributed by atoms with Gasteiger partial charge in [-0.15, -0.1) is 0 Å². The van der Waals surface area contributed by atoms with Crippen molar-refractivity contribution in [3.8, 4) is 0 Å². The van der Waals surface area contributed by atoms with Crippen LogP contribution in [0.1, 0.15) is 58.3 Å². The average Bonchev–Trinajstić information content (AvgIpc) is 2.29. The summed E-state index contributed by atoms with van der Waals surface area (Å²) in [7, 11) is 0. The molecule has 0 aromatic heterocycles. The van der Waals surface area contributed by atoms with Crippen LogP contribution in [0.15, 0.2) is 23.8 Å². The molecule has 1 heteroatoms. The van der Waals surface area contributed by atoms with Gasteiger partial charge in [0.2, 0.25) is 0 Å². The SMILES string of the molecule is CC(CO)/C1=C/C=C/CCCCCCCC1. The van der Waals surface area contributed by atoms with Crippen LogP contribution in [0.3, 0.4) is 0 Å². The molecule has 0 aromatic carbocycles. The van der Waals surface area contributed by atoms with Crippen molar-refractivity contribution >= 4 is 0 Å². The van der Waals surface area contributed by atoms with Gasteiger partial charge < -0.3 is 5.11 Å². The second kappa shape index (κ2) is 8.58. The summed E-state index contributed by atoms with van der Waals surface area (Å²) < 4.78 is 0. The first-order valence-corrected chi connectivity index (χ1v) is 6.81. The lowest BCUT2D eigenvalue weighted by Gasteiger charge is -2.13. The maximum absolute atomic E-state index is 9.21. The molecule has 1 nitrogen and oxygen atoms in total. The van der Waals surface area contributed by atoms with E-state index in [4.69, 9.17) is 0 Å². The first-order chi connectivity index (χ1) is 7.84. The Balaban J connectivity index is 2.54. The van der Waals surface area contributed by atoms with E-state index in [1.165, 1.54) is 50.5 Å². The largest absolute Gasteiger partial charge is 0.396 e. The highest BCUT2D eigenvalue weighted by atomic mass is 16.3. The fourth-order valence-corrected chi connectivity index (χ4v) is 2.20. The maximum atomic E-state index is 9.21. The van der Waals surface area contributed by atoms with E-state index in [1.807, 2.05) is 0 Å². The number of aliphatic hydroxyl groups excluding tert-OH is 1. The molecular weight excluding hydrogens is 196 g/mol. The summed E-state index contributed by atoms with van der Waals surface area (Å²) in [5, 5.41) is 9.21. The number of hydrogen-bond acceptors (Lipinski definition) is 1. The van der Waals surface area contributed by atoms with Gasteiger partial charge in [-0.05, 0) is 25.7 Å². The Labute approximate surface area is 100 Å². The minimum absolute atomic E-state index is 0.277. The Morgan fingerprint density at radius 2 is 1.81 bits per heavy atom. The minimum atomic E-state index is 0.277. The summed E-state index contributed by atoms with van der Waals surface area (Å²) in [6.45, 7) is 2.39. The average molecular weight is 222 g/mol. The van der Waals surface area contributed by atoms with Crippen LogP contribution in [0.4, 0.5) is 0 Å². The summed E-state index contributed by atoms with van der Waals surface area (Å²) in [5.41, 5.74) is 1.42. The monoisotopic (exact) mass is 222 g/mol. The van der Waals surface area contributed by atoms with Crippen LogP contribution in [0, 0.1) is 5.92 Å². The summed E-state index contributed by atoms with van der Waals surface area (Å²) in [4.78, 5) is 0. The van der Waals surface area contributed by atoms with Gasteiger partial charge in [0.25, 0.3) is 0 Å². The van der Waals surface area contributed by atoms with Crippen LogP contribution in [0.5, 0.6) is 0 Å². The zero-order valence-corrected chi connectivity index (χ0v) is 10.6. The van der Waals surface area contributed by atoms with E-state index >= 15 is 0 Å². The Bertz CT molecular complexity index is 228. The van der Waals surface area contributed by atoms with Crippen LogP contribution in [0.2, 0.25) is 0 Å². The highest BCUT2D eigenvalue weighted by Gasteiger charge is 2.06. The molecule has 0 fully saturated rings. The van der Waals surface area contributed by atoms with E-state index < -0.39 is 0 Å². The van der Waals surface area contributed by atoms with Gasteiger partial charge in [-0.3, -0.25) is 0 Å². The molecule has 1 unspecified atom stereocenters. The topological polar surface area (TPSA) is 20.2 Å². The van der Waals surface area contributed by atoms with E-state index in [0.717, 1.165) is 6.42 Å². The second-order valence-corrected chi connectivity index (χ2v) is 4.91. The normalized spacial score (nSPS) is 27.0. The third kappa shape index (κ3) is 5.50. The third-order valence-corrected chi connectivity index (χ3v) is 3.44. The van der Waals surface area contributed by atoms with Crippen molar-refractivity contribution in [3.63, 3.8) is 0 Å². The fourth-order valence-electron chi connectivity index (χ4n) is 2.20. The first kappa shape index (κ1) is 13.5. The lowest BCUT2D eigenvalue weighted by molar-refractivity contribution is 0.253. The highest BCUT2D eigenvalue weighted by molar-refractivity contribution is 5.15. The van der Waals surface area contributed by atoms with Gasteiger partial charge in [0.15, 0.2) is 0 Å². The van der Waals surface area contributed by atoms with Crippen molar-refractivity contribution < 1.29 is 5.11 Å². The van der Waals surface area contributed by atoms with E-state index in [-0.39, 0.29) is 6.61 Å². The molecule has 1 aliphatic rings. The Kier molecular flexibility index (Phi) is 7.24.